The minimum absolute atomic E-state index is 0.198. The van der Waals surface area contributed by atoms with Gasteiger partial charge in [-0.05, 0) is 53.8 Å². The van der Waals surface area contributed by atoms with Crippen molar-refractivity contribution in [1.82, 2.24) is 20.3 Å². The summed E-state index contributed by atoms with van der Waals surface area (Å²) in [6.45, 7) is 0.508. The first-order chi connectivity index (χ1) is 16.2. The van der Waals surface area contributed by atoms with Gasteiger partial charge in [-0.2, -0.15) is 0 Å². The number of carbonyl (C=O) groups excluding carboxylic acids is 1. The van der Waals surface area contributed by atoms with E-state index in [9.17, 15) is 4.79 Å². The molecule has 0 unspecified atom stereocenters. The SMILES string of the molecule is O=C(NCC1(c2cccc(-c3ncnc4[nH]ccc34)c2)Cc2ccccc2C1)c1ccco1. The molecule has 6 heteroatoms. The maximum atomic E-state index is 12.7. The summed E-state index contributed by atoms with van der Waals surface area (Å²) in [5.74, 6) is 0.126. The molecule has 2 N–H and O–H groups in total. The zero-order valence-electron chi connectivity index (χ0n) is 17.9. The van der Waals surface area contributed by atoms with Crippen LogP contribution in [0.2, 0.25) is 0 Å². The zero-order chi connectivity index (χ0) is 22.3. The summed E-state index contributed by atoms with van der Waals surface area (Å²) in [4.78, 5) is 24.7. The van der Waals surface area contributed by atoms with E-state index in [-0.39, 0.29) is 11.3 Å². The number of nitrogens with zero attached hydrogens (tertiary/aromatic N) is 2. The lowest BCUT2D eigenvalue weighted by molar-refractivity contribution is 0.0915. The average molecular weight is 434 g/mol. The molecule has 6 nitrogen and oxygen atoms in total. The molecule has 0 bridgehead atoms. The van der Waals surface area contributed by atoms with Crippen molar-refractivity contribution in [2.45, 2.75) is 18.3 Å². The number of hydrogen-bond donors (Lipinski definition) is 2. The largest absolute Gasteiger partial charge is 0.459 e. The number of nitrogens with one attached hydrogen (secondary N) is 2. The molecule has 3 heterocycles. The van der Waals surface area contributed by atoms with Gasteiger partial charge in [0.2, 0.25) is 0 Å². The fourth-order valence-electron chi connectivity index (χ4n) is 4.97. The molecular weight excluding hydrogens is 412 g/mol. The van der Waals surface area contributed by atoms with Gasteiger partial charge in [0, 0.05) is 29.1 Å². The van der Waals surface area contributed by atoms with Crippen LogP contribution in [-0.4, -0.2) is 27.4 Å². The van der Waals surface area contributed by atoms with Crippen molar-refractivity contribution in [1.29, 1.82) is 0 Å². The normalized spacial score (nSPS) is 14.3. The van der Waals surface area contributed by atoms with Crippen molar-refractivity contribution in [2.75, 3.05) is 6.54 Å². The Morgan fingerprint density at radius 3 is 2.64 bits per heavy atom. The second kappa shape index (κ2) is 7.74. The van der Waals surface area contributed by atoms with E-state index >= 15 is 0 Å². The van der Waals surface area contributed by atoms with Crippen LogP contribution < -0.4 is 5.32 Å². The second-order valence-electron chi connectivity index (χ2n) is 8.61. The fourth-order valence-corrected chi connectivity index (χ4v) is 4.97. The highest BCUT2D eigenvalue weighted by Crippen LogP contribution is 2.41. The molecule has 0 aliphatic heterocycles. The molecule has 0 saturated heterocycles. The van der Waals surface area contributed by atoms with Crippen molar-refractivity contribution in [3.63, 3.8) is 0 Å². The summed E-state index contributed by atoms with van der Waals surface area (Å²) in [5.41, 5.74) is 6.32. The van der Waals surface area contributed by atoms with Gasteiger partial charge in [-0.1, -0.05) is 42.5 Å². The van der Waals surface area contributed by atoms with Crippen LogP contribution in [0.5, 0.6) is 0 Å². The quantitative estimate of drug-likeness (QED) is 0.421. The number of H-pyrrole nitrogens is 1. The molecule has 0 saturated carbocycles. The average Bonchev–Trinajstić information content (AvgIpc) is 3.62. The van der Waals surface area contributed by atoms with Gasteiger partial charge in [-0.3, -0.25) is 4.79 Å². The molecule has 3 aromatic heterocycles. The third-order valence-electron chi connectivity index (χ3n) is 6.61. The standard InChI is InChI=1S/C27H22N4O2/c32-26(23-9-4-12-33-23)29-16-27(14-19-5-1-2-6-20(19)15-27)21-8-3-7-18(13-21)24-22-10-11-28-25(22)31-17-30-24/h1-13,17H,14-16H2,(H,29,32)(H,28,30,31). The lowest BCUT2D eigenvalue weighted by Crippen LogP contribution is -2.41. The predicted octanol–water partition coefficient (Wildman–Crippen LogP) is 4.68. The van der Waals surface area contributed by atoms with Crippen LogP contribution in [-0.2, 0) is 18.3 Å². The molecular formula is C27H22N4O2. The van der Waals surface area contributed by atoms with Gasteiger partial charge in [0.1, 0.15) is 12.0 Å². The lowest BCUT2D eigenvalue weighted by atomic mass is 9.77. The Bertz CT molecular complexity index is 1430. The summed E-state index contributed by atoms with van der Waals surface area (Å²) in [6.07, 6.45) is 6.70. The zero-order valence-corrected chi connectivity index (χ0v) is 17.9. The van der Waals surface area contributed by atoms with E-state index in [0.29, 0.717) is 12.3 Å². The van der Waals surface area contributed by atoms with Crippen molar-refractivity contribution in [3.8, 4) is 11.3 Å². The molecule has 0 radical (unpaired) electrons. The topological polar surface area (TPSA) is 83.8 Å². The van der Waals surface area contributed by atoms with Crippen LogP contribution in [0.1, 0.15) is 27.2 Å². The van der Waals surface area contributed by atoms with Gasteiger partial charge < -0.3 is 14.7 Å². The number of furan rings is 1. The number of aromatic amines is 1. The van der Waals surface area contributed by atoms with E-state index in [0.717, 1.165) is 35.1 Å². The summed E-state index contributed by atoms with van der Waals surface area (Å²) in [5, 5.41) is 4.11. The molecule has 0 atom stereocenters. The smallest absolute Gasteiger partial charge is 0.287 e. The van der Waals surface area contributed by atoms with Gasteiger partial charge >= 0.3 is 0 Å². The Balaban J connectivity index is 1.40. The van der Waals surface area contributed by atoms with Gasteiger partial charge in [-0.15, -0.1) is 0 Å². The molecule has 6 rings (SSSR count). The highest BCUT2D eigenvalue weighted by Gasteiger charge is 2.39. The lowest BCUT2D eigenvalue weighted by Gasteiger charge is -2.30. The minimum atomic E-state index is -0.258. The Kier molecular flexibility index (Phi) is 4.57. The third kappa shape index (κ3) is 3.40. The summed E-state index contributed by atoms with van der Waals surface area (Å²) < 4.78 is 5.29. The molecule has 162 valence electrons. The van der Waals surface area contributed by atoms with E-state index in [1.165, 1.54) is 23.0 Å². The van der Waals surface area contributed by atoms with Crippen molar-refractivity contribution in [2.24, 2.45) is 0 Å². The van der Waals surface area contributed by atoms with E-state index < -0.39 is 0 Å². The summed E-state index contributed by atoms with van der Waals surface area (Å²) in [6, 6.07) is 22.5. The Morgan fingerprint density at radius 1 is 1.00 bits per heavy atom. The Hall–Kier alpha value is -4.19. The van der Waals surface area contributed by atoms with Gasteiger partial charge in [-0.25, -0.2) is 9.97 Å². The van der Waals surface area contributed by atoms with Crippen LogP contribution >= 0.6 is 0 Å². The van der Waals surface area contributed by atoms with Gasteiger partial charge in [0.25, 0.3) is 5.91 Å². The highest BCUT2D eigenvalue weighted by molar-refractivity contribution is 5.92. The van der Waals surface area contributed by atoms with Crippen LogP contribution in [0.3, 0.4) is 0 Å². The van der Waals surface area contributed by atoms with Crippen molar-refractivity contribution < 1.29 is 9.21 Å². The molecule has 33 heavy (non-hydrogen) atoms. The monoisotopic (exact) mass is 434 g/mol. The van der Waals surface area contributed by atoms with Crippen LogP contribution in [0, 0.1) is 0 Å². The molecule has 0 spiro atoms. The number of amides is 1. The molecule has 0 fully saturated rings. The first kappa shape index (κ1) is 19.5. The first-order valence-corrected chi connectivity index (χ1v) is 11.0. The molecule has 1 amide bonds. The Morgan fingerprint density at radius 2 is 1.85 bits per heavy atom. The van der Waals surface area contributed by atoms with Crippen LogP contribution in [0.15, 0.2) is 89.9 Å². The third-order valence-corrected chi connectivity index (χ3v) is 6.61. The number of benzene rings is 2. The number of hydrogen-bond acceptors (Lipinski definition) is 4. The van der Waals surface area contributed by atoms with E-state index in [4.69, 9.17) is 4.42 Å². The van der Waals surface area contributed by atoms with E-state index in [1.54, 1.807) is 18.5 Å². The number of rotatable bonds is 5. The number of fused-ring (bicyclic) bond motifs is 2. The van der Waals surface area contributed by atoms with Crippen molar-refractivity contribution >= 4 is 16.9 Å². The maximum Gasteiger partial charge on any atom is 0.287 e. The predicted molar refractivity (Wildman–Crippen MR) is 126 cm³/mol. The highest BCUT2D eigenvalue weighted by atomic mass is 16.3. The molecule has 1 aliphatic rings. The second-order valence-corrected chi connectivity index (χ2v) is 8.61. The first-order valence-electron chi connectivity index (χ1n) is 11.0. The number of aromatic nitrogens is 3. The number of carbonyl (C=O) groups is 1. The van der Waals surface area contributed by atoms with Crippen LogP contribution in [0.4, 0.5) is 0 Å². The van der Waals surface area contributed by atoms with Crippen molar-refractivity contribution in [3.05, 3.63) is 108 Å². The van der Waals surface area contributed by atoms with Crippen LogP contribution in [0.25, 0.3) is 22.3 Å². The summed E-state index contributed by atoms with van der Waals surface area (Å²) >= 11 is 0. The maximum absolute atomic E-state index is 12.7. The minimum Gasteiger partial charge on any atom is -0.459 e. The molecule has 5 aromatic rings. The summed E-state index contributed by atoms with van der Waals surface area (Å²) in [7, 11) is 0. The van der Waals surface area contributed by atoms with Gasteiger partial charge in [0.05, 0.1) is 12.0 Å². The molecule has 2 aromatic carbocycles. The Labute approximate surface area is 190 Å². The van der Waals surface area contributed by atoms with E-state index in [1.807, 2.05) is 12.3 Å². The van der Waals surface area contributed by atoms with E-state index in [2.05, 4.69) is 68.8 Å². The van der Waals surface area contributed by atoms with Gasteiger partial charge in [0.15, 0.2) is 5.76 Å². The molecule has 1 aliphatic carbocycles. The fraction of sp³-hybridized carbons (Fsp3) is 0.148.